The van der Waals surface area contributed by atoms with Crippen LogP contribution in [-0.2, 0) is 0 Å². The Morgan fingerprint density at radius 1 is 1.47 bits per heavy atom. The lowest BCUT2D eigenvalue weighted by Crippen LogP contribution is -2.11. The number of aromatic amines is 1. The molecule has 0 spiro atoms. The molecule has 0 aliphatic carbocycles. The van der Waals surface area contributed by atoms with E-state index in [1.165, 1.54) is 11.3 Å². The summed E-state index contributed by atoms with van der Waals surface area (Å²) >= 11 is 1.37. The number of hydrogen-bond acceptors (Lipinski definition) is 6. The van der Waals surface area contributed by atoms with Gasteiger partial charge in [0.25, 0.3) is 5.56 Å². The molecule has 0 aliphatic heterocycles. The number of H-pyrrole nitrogens is 1. The summed E-state index contributed by atoms with van der Waals surface area (Å²) < 4.78 is 0. The Kier molecular flexibility index (Phi) is 3.48. The molecule has 2 aromatic heterocycles. The van der Waals surface area contributed by atoms with Gasteiger partial charge in [0, 0.05) is 6.54 Å². The van der Waals surface area contributed by atoms with E-state index in [1.54, 1.807) is 6.07 Å². The van der Waals surface area contributed by atoms with Crippen LogP contribution >= 0.6 is 11.3 Å². The lowest BCUT2D eigenvalue weighted by Gasteiger charge is -1.96. The van der Waals surface area contributed by atoms with Crippen LogP contribution < -0.4 is 10.9 Å². The molecular formula is C10H13N5OS. The molecule has 0 bridgehead atoms. The zero-order valence-electron chi connectivity index (χ0n) is 9.65. The number of nitrogens with one attached hydrogen (secondary N) is 2. The molecule has 2 rings (SSSR count). The van der Waals surface area contributed by atoms with Crippen molar-refractivity contribution in [3.63, 3.8) is 0 Å². The van der Waals surface area contributed by atoms with Crippen molar-refractivity contribution in [2.24, 2.45) is 0 Å². The fourth-order valence-electron chi connectivity index (χ4n) is 1.30. The Labute approximate surface area is 102 Å². The molecule has 2 aromatic rings. The fraction of sp³-hybridized carbons (Fsp3) is 0.400. The second kappa shape index (κ2) is 5.05. The first-order chi connectivity index (χ1) is 8.20. The maximum atomic E-state index is 11.6. The van der Waals surface area contributed by atoms with E-state index in [9.17, 15) is 4.79 Å². The van der Waals surface area contributed by atoms with Crippen molar-refractivity contribution >= 4 is 16.5 Å². The molecule has 2 heterocycles. The number of aryl methyl sites for hydroxylation is 1. The van der Waals surface area contributed by atoms with Gasteiger partial charge in [-0.25, -0.2) is 5.10 Å². The molecule has 0 aliphatic rings. The molecule has 0 saturated carbocycles. The molecule has 0 amide bonds. The Balaban J connectivity index is 2.30. The van der Waals surface area contributed by atoms with E-state index >= 15 is 0 Å². The molecule has 0 radical (unpaired) electrons. The van der Waals surface area contributed by atoms with Gasteiger partial charge in [-0.1, -0.05) is 18.3 Å². The van der Waals surface area contributed by atoms with Crippen molar-refractivity contribution in [2.45, 2.75) is 20.3 Å². The summed E-state index contributed by atoms with van der Waals surface area (Å²) in [5, 5.41) is 18.7. The number of rotatable bonds is 4. The van der Waals surface area contributed by atoms with Gasteiger partial charge in [-0.3, -0.25) is 4.79 Å². The summed E-state index contributed by atoms with van der Waals surface area (Å²) in [5.74, 6) is 0. The highest BCUT2D eigenvalue weighted by Gasteiger charge is 2.10. The molecule has 0 fully saturated rings. The summed E-state index contributed by atoms with van der Waals surface area (Å²) in [4.78, 5) is 11.6. The Morgan fingerprint density at radius 3 is 3.06 bits per heavy atom. The normalized spacial score (nSPS) is 10.5. The van der Waals surface area contributed by atoms with E-state index in [-0.39, 0.29) is 5.56 Å². The lowest BCUT2D eigenvalue weighted by atomic mass is 10.3. The van der Waals surface area contributed by atoms with Crippen LogP contribution in [-0.4, -0.2) is 26.9 Å². The van der Waals surface area contributed by atoms with Crippen molar-refractivity contribution < 1.29 is 0 Å². The van der Waals surface area contributed by atoms with Crippen LogP contribution in [0.15, 0.2) is 10.9 Å². The van der Waals surface area contributed by atoms with Gasteiger partial charge in [0.1, 0.15) is 0 Å². The van der Waals surface area contributed by atoms with Crippen LogP contribution in [0, 0.1) is 6.92 Å². The average Bonchev–Trinajstić information content (AvgIpc) is 2.78. The molecule has 90 valence electrons. The van der Waals surface area contributed by atoms with Crippen LogP contribution in [0.4, 0.5) is 5.13 Å². The number of anilines is 1. The van der Waals surface area contributed by atoms with E-state index in [0.29, 0.717) is 10.6 Å². The van der Waals surface area contributed by atoms with Gasteiger partial charge in [-0.05, 0) is 19.4 Å². The maximum Gasteiger partial charge on any atom is 0.274 e. The topological polar surface area (TPSA) is 83.6 Å². The smallest absolute Gasteiger partial charge is 0.274 e. The van der Waals surface area contributed by atoms with Crippen molar-refractivity contribution in [1.29, 1.82) is 0 Å². The first kappa shape index (κ1) is 11.7. The fourth-order valence-corrected chi connectivity index (χ4v) is 2.08. The standard InChI is InChI=1S/C10H13N5OS/c1-3-4-11-10-15-14-9(17-10)7-5-6(2)12-13-8(7)16/h5H,3-4H2,1-2H3,(H,11,15)(H,13,16). The number of aromatic nitrogens is 4. The quantitative estimate of drug-likeness (QED) is 0.858. The first-order valence-corrected chi connectivity index (χ1v) is 6.16. The molecule has 17 heavy (non-hydrogen) atoms. The van der Waals surface area contributed by atoms with Gasteiger partial charge < -0.3 is 5.32 Å². The molecule has 0 unspecified atom stereocenters. The Morgan fingerprint density at radius 2 is 2.29 bits per heavy atom. The van der Waals surface area contributed by atoms with E-state index in [1.807, 2.05) is 6.92 Å². The Bertz CT molecular complexity index is 562. The lowest BCUT2D eigenvalue weighted by molar-refractivity contribution is 0.944. The third-order valence-electron chi connectivity index (χ3n) is 2.11. The van der Waals surface area contributed by atoms with Crippen LogP contribution in [0.3, 0.4) is 0 Å². The largest absolute Gasteiger partial charge is 0.360 e. The summed E-state index contributed by atoms with van der Waals surface area (Å²) in [6, 6.07) is 1.71. The highest BCUT2D eigenvalue weighted by molar-refractivity contribution is 7.18. The monoisotopic (exact) mass is 251 g/mol. The van der Waals surface area contributed by atoms with Gasteiger partial charge in [0.05, 0.1) is 11.3 Å². The first-order valence-electron chi connectivity index (χ1n) is 5.34. The summed E-state index contributed by atoms with van der Waals surface area (Å²) in [6.45, 7) is 4.74. The molecule has 6 nitrogen and oxygen atoms in total. The van der Waals surface area contributed by atoms with Crippen LogP contribution in [0.25, 0.3) is 10.6 Å². The van der Waals surface area contributed by atoms with Crippen molar-refractivity contribution in [3.05, 3.63) is 22.1 Å². The SMILES string of the molecule is CCCNc1nnc(-c2cc(C)n[nH]c2=O)s1. The van der Waals surface area contributed by atoms with Gasteiger partial charge >= 0.3 is 0 Å². The second-order valence-corrected chi connectivity index (χ2v) is 4.57. The molecular weight excluding hydrogens is 238 g/mol. The predicted molar refractivity (Wildman–Crippen MR) is 67.3 cm³/mol. The van der Waals surface area contributed by atoms with Gasteiger partial charge in [0.2, 0.25) is 5.13 Å². The second-order valence-electron chi connectivity index (χ2n) is 3.59. The van der Waals surface area contributed by atoms with Crippen molar-refractivity contribution in [1.82, 2.24) is 20.4 Å². The highest BCUT2D eigenvalue weighted by atomic mass is 32.1. The highest BCUT2D eigenvalue weighted by Crippen LogP contribution is 2.23. The van der Waals surface area contributed by atoms with Gasteiger partial charge in [0.15, 0.2) is 5.01 Å². The summed E-state index contributed by atoms with van der Waals surface area (Å²) in [6.07, 6.45) is 1.02. The molecule has 2 N–H and O–H groups in total. The third-order valence-corrected chi connectivity index (χ3v) is 3.03. The average molecular weight is 251 g/mol. The minimum Gasteiger partial charge on any atom is -0.360 e. The predicted octanol–water partition coefficient (Wildman–Crippen LogP) is 1.42. The Hall–Kier alpha value is -1.76. The summed E-state index contributed by atoms with van der Waals surface area (Å²) in [7, 11) is 0. The van der Waals surface area contributed by atoms with Crippen LogP contribution in [0.2, 0.25) is 0 Å². The van der Waals surface area contributed by atoms with E-state index in [0.717, 1.165) is 23.8 Å². The minimum absolute atomic E-state index is 0.242. The third kappa shape index (κ3) is 2.68. The summed E-state index contributed by atoms with van der Waals surface area (Å²) in [5.41, 5.74) is 1.02. The maximum absolute atomic E-state index is 11.6. The van der Waals surface area contributed by atoms with E-state index in [4.69, 9.17) is 0 Å². The zero-order chi connectivity index (χ0) is 12.3. The van der Waals surface area contributed by atoms with E-state index < -0.39 is 0 Å². The minimum atomic E-state index is -0.242. The molecule has 7 heteroatoms. The van der Waals surface area contributed by atoms with Crippen molar-refractivity contribution in [2.75, 3.05) is 11.9 Å². The van der Waals surface area contributed by atoms with Gasteiger partial charge in [-0.2, -0.15) is 5.10 Å². The van der Waals surface area contributed by atoms with Crippen LogP contribution in [0.5, 0.6) is 0 Å². The molecule has 0 aromatic carbocycles. The molecule has 0 saturated heterocycles. The van der Waals surface area contributed by atoms with Gasteiger partial charge in [-0.15, -0.1) is 10.2 Å². The molecule has 0 atom stereocenters. The number of hydrogen-bond donors (Lipinski definition) is 2. The van der Waals surface area contributed by atoms with Crippen molar-refractivity contribution in [3.8, 4) is 10.6 Å². The van der Waals surface area contributed by atoms with Crippen LogP contribution in [0.1, 0.15) is 19.0 Å². The van der Waals surface area contributed by atoms with E-state index in [2.05, 4.69) is 32.6 Å². The zero-order valence-corrected chi connectivity index (χ0v) is 10.5. The number of nitrogens with zero attached hydrogens (tertiary/aromatic N) is 3.